The first-order valence-corrected chi connectivity index (χ1v) is 11.7. The van der Waals surface area contributed by atoms with Gasteiger partial charge in [0.1, 0.15) is 12.4 Å². The van der Waals surface area contributed by atoms with Gasteiger partial charge < -0.3 is 18.9 Å². The van der Waals surface area contributed by atoms with Crippen molar-refractivity contribution in [2.24, 2.45) is 5.92 Å². The molecule has 0 radical (unpaired) electrons. The summed E-state index contributed by atoms with van der Waals surface area (Å²) in [5, 5.41) is 0.968. The second kappa shape index (κ2) is 10.7. The topological polar surface area (TPSA) is 46.9 Å². The lowest BCUT2D eigenvalue weighted by molar-refractivity contribution is 0.101. The van der Waals surface area contributed by atoms with E-state index in [-0.39, 0.29) is 5.78 Å². The van der Waals surface area contributed by atoms with Crippen LogP contribution in [0.4, 0.5) is 0 Å². The third kappa shape index (κ3) is 5.68. The van der Waals surface area contributed by atoms with Gasteiger partial charge in [-0.15, -0.1) is 0 Å². The van der Waals surface area contributed by atoms with Crippen LogP contribution in [0.2, 0.25) is 0 Å². The van der Waals surface area contributed by atoms with Crippen LogP contribution in [-0.2, 0) is 6.54 Å². The minimum Gasteiger partial charge on any atom is -0.495 e. The standard InChI is InChI=1S/C27H33N3O3/c1-21(19-30-20-25(22(2)31)24-10-7-11-26(32-3)27(24)30)18-29-14-12-28(13-15-29)16-17-33-23-8-5-4-6-9-23/h4-5,7-8,10-11,20-21H,12-19H2,1-3H3. The Labute approximate surface area is 196 Å². The molecule has 0 aliphatic carbocycles. The molecule has 0 amide bonds. The van der Waals surface area contributed by atoms with Crippen molar-refractivity contribution in [3.63, 3.8) is 0 Å². The van der Waals surface area contributed by atoms with Crippen molar-refractivity contribution in [3.8, 4) is 11.5 Å². The van der Waals surface area contributed by atoms with Gasteiger partial charge in [0.15, 0.2) is 11.5 Å². The van der Waals surface area contributed by atoms with Crippen LogP contribution in [0, 0.1) is 18.1 Å². The highest BCUT2D eigenvalue weighted by molar-refractivity contribution is 6.08. The molecule has 0 bridgehead atoms. The lowest BCUT2D eigenvalue weighted by Crippen LogP contribution is -2.48. The molecular weight excluding hydrogens is 414 g/mol. The van der Waals surface area contributed by atoms with Gasteiger partial charge in [-0.2, -0.15) is 0 Å². The van der Waals surface area contributed by atoms with E-state index in [0.717, 1.165) is 73.8 Å². The van der Waals surface area contributed by atoms with Gasteiger partial charge in [0.25, 0.3) is 0 Å². The Morgan fingerprint density at radius 3 is 2.58 bits per heavy atom. The van der Waals surface area contributed by atoms with Gasteiger partial charge in [-0.3, -0.25) is 9.69 Å². The van der Waals surface area contributed by atoms with Crippen LogP contribution in [0.15, 0.2) is 42.6 Å². The number of piperazine rings is 1. The maximum absolute atomic E-state index is 12.2. The van der Waals surface area contributed by atoms with Crippen LogP contribution < -0.4 is 9.47 Å². The smallest absolute Gasteiger partial charge is 0.170 e. The number of hydrogen-bond donors (Lipinski definition) is 0. The number of fused-ring (bicyclic) bond motifs is 1. The molecule has 33 heavy (non-hydrogen) atoms. The van der Waals surface area contributed by atoms with Crippen molar-refractivity contribution in [1.29, 1.82) is 0 Å². The number of rotatable bonds is 10. The molecule has 1 fully saturated rings. The average Bonchev–Trinajstić information content (AvgIpc) is 3.19. The molecule has 6 nitrogen and oxygen atoms in total. The molecule has 1 aromatic heterocycles. The van der Waals surface area contributed by atoms with Gasteiger partial charge >= 0.3 is 0 Å². The minimum atomic E-state index is 0.0862. The summed E-state index contributed by atoms with van der Waals surface area (Å²) in [5.74, 6) is 2.11. The molecule has 6 heteroatoms. The second-order valence-corrected chi connectivity index (χ2v) is 8.86. The first kappa shape index (κ1) is 23.2. The molecule has 174 valence electrons. The number of hydrogen-bond acceptors (Lipinski definition) is 5. The van der Waals surface area contributed by atoms with Crippen LogP contribution in [0.5, 0.6) is 11.5 Å². The number of benzene rings is 1. The van der Waals surface area contributed by atoms with Crippen molar-refractivity contribution < 1.29 is 14.3 Å². The van der Waals surface area contributed by atoms with Crippen LogP contribution in [-0.4, -0.2) is 73.1 Å². The molecule has 4 rings (SSSR count). The normalized spacial score (nSPS) is 15.8. The lowest BCUT2D eigenvalue weighted by Gasteiger charge is -2.35. The fourth-order valence-electron chi connectivity index (χ4n) is 4.65. The maximum Gasteiger partial charge on any atom is 0.170 e. The summed E-state index contributed by atoms with van der Waals surface area (Å²) in [4.78, 5) is 17.2. The van der Waals surface area contributed by atoms with E-state index in [0.29, 0.717) is 12.5 Å². The van der Waals surface area contributed by atoms with Crippen molar-refractivity contribution in [2.75, 3.05) is 53.0 Å². The van der Waals surface area contributed by atoms with Crippen LogP contribution in [0.25, 0.3) is 10.9 Å². The van der Waals surface area contributed by atoms with Gasteiger partial charge in [-0.25, -0.2) is 0 Å². The van der Waals surface area contributed by atoms with Gasteiger partial charge in [0.2, 0.25) is 0 Å². The predicted molar refractivity (Wildman–Crippen MR) is 130 cm³/mol. The summed E-state index contributed by atoms with van der Waals surface area (Å²) in [6.45, 7) is 11.6. The van der Waals surface area contributed by atoms with E-state index in [2.05, 4.69) is 33.4 Å². The van der Waals surface area contributed by atoms with Crippen molar-refractivity contribution in [2.45, 2.75) is 20.4 Å². The fourth-order valence-corrected chi connectivity index (χ4v) is 4.65. The van der Waals surface area contributed by atoms with Crippen LogP contribution in [0.3, 0.4) is 0 Å². The third-order valence-corrected chi connectivity index (χ3v) is 6.29. The highest BCUT2D eigenvalue weighted by atomic mass is 16.5. The van der Waals surface area contributed by atoms with Gasteiger partial charge in [-0.1, -0.05) is 25.1 Å². The second-order valence-electron chi connectivity index (χ2n) is 8.86. The molecule has 1 saturated heterocycles. The molecule has 1 atom stereocenters. The van der Waals surface area contributed by atoms with E-state index in [1.165, 1.54) is 0 Å². The highest BCUT2D eigenvalue weighted by Gasteiger charge is 2.21. The Bertz CT molecular complexity index is 1060. The molecule has 1 aliphatic rings. The van der Waals surface area contributed by atoms with Gasteiger partial charge in [0, 0.05) is 63.0 Å². The minimum absolute atomic E-state index is 0.0862. The Morgan fingerprint density at radius 2 is 1.88 bits per heavy atom. The average molecular weight is 448 g/mol. The summed E-state index contributed by atoms with van der Waals surface area (Å²) in [5.41, 5.74) is 1.77. The molecular formula is C27H33N3O3. The molecule has 2 heterocycles. The first-order chi connectivity index (χ1) is 16.0. The molecule has 0 spiro atoms. The molecule has 2 aromatic carbocycles. The van der Waals surface area contributed by atoms with Crippen molar-refractivity contribution in [3.05, 3.63) is 60.3 Å². The number of carbonyl (C=O) groups is 1. The Hall–Kier alpha value is -3.01. The van der Waals surface area contributed by atoms with Crippen LogP contribution >= 0.6 is 0 Å². The van der Waals surface area contributed by atoms with E-state index < -0.39 is 0 Å². The van der Waals surface area contributed by atoms with E-state index in [1.54, 1.807) is 14.0 Å². The number of methoxy groups -OCH3 is 1. The predicted octanol–water partition coefficient (Wildman–Crippen LogP) is 3.79. The number of ether oxygens (including phenoxy) is 2. The number of nitrogens with zero attached hydrogens (tertiary/aromatic N) is 3. The summed E-state index contributed by atoms with van der Waals surface area (Å²) in [7, 11) is 1.68. The van der Waals surface area contributed by atoms with E-state index in [4.69, 9.17) is 9.47 Å². The van der Waals surface area contributed by atoms with Crippen LogP contribution in [0.1, 0.15) is 24.2 Å². The number of aromatic nitrogens is 1. The Balaban J connectivity index is 1.29. The maximum atomic E-state index is 12.2. The zero-order chi connectivity index (χ0) is 23.2. The Morgan fingerprint density at radius 1 is 1.09 bits per heavy atom. The SMILES string of the molecule is COc1cccc2c(C(C)=O)cn(CC(C)CN3CCN(CCOc4c#cccc4)CC3)c12. The lowest BCUT2D eigenvalue weighted by atomic mass is 10.1. The van der Waals surface area contributed by atoms with Gasteiger partial charge in [-0.05, 0) is 43.2 Å². The summed E-state index contributed by atoms with van der Waals surface area (Å²) in [6, 6.07) is 17.5. The van der Waals surface area contributed by atoms with E-state index >= 15 is 0 Å². The zero-order valence-electron chi connectivity index (χ0n) is 19.8. The van der Waals surface area contributed by atoms with Gasteiger partial charge in [0.05, 0.1) is 12.6 Å². The third-order valence-electron chi connectivity index (χ3n) is 6.29. The van der Waals surface area contributed by atoms with E-state index in [1.807, 2.05) is 42.6 Å². The first-order valence-electron chi connectivity index (χ1n) is 11.7. The summed E-state index contributed by atoms with van der Waals surface area (Å²) in [6.07, 6.45) is 1.99. The van der Waals surface area contributed by atoms with Crippen molar-refractivity contribution >= 4 is 16.7 Å². The molecule has 0 saturated carbocycles. The zero-order valence-corrected chi connectivity index (χ0v) is 19.8. The monoisotopic (exact) mass is 447 g/mol. The molecule has 1 unspecified atom stereocenters. The Kier molecular flexibility index (Phi) is 7.54. The number of para-hydroxylation sites is 1. The summed E-state index contributed by atoms with van der Waals surface area (Å²) < 4.78 is 13.6. The fraction of sp³-hybridized carbons (Fsp3) is 0.444. The molecule has 1 aliphatic heterocycles. The quantitative estimate of drug-likeness (QED) is 0.443. The highest BCUT2D eigenvalue weighted by Crippen LogP contribution is 2.31. The summed E-state index contributed by atoms with van der Waals surface area (Å²) >= 11 is 0. The number of carbonyl (C=O) groups excluding carboxylic acids is 1. The number of Topliss-reactive ketones (excluding diaryl/α,β-unsaturated/α-hetero) is 1. The van der Waals surface area contributed by atoms with Crippen molar-refractivity contribution in [1.82, 2.24) is 14.4 Å². The molecule has 0 N–H and O–H groups in total. The number of ketones is 1. The largest absolute Gasteiger partial charge is 0.495 e. The van der Waals surface area contributed by atoms with E-state index in [9.17, 15) is 4.79 Å². The molecule has 3 aromatic rings.